The van der Waals surface area contributed by atoms with Crippen molar-refractivity contribution in [2.24, 2.45) is 5.41 Å². The number of carbonyl (C=O) groups is 1. The molecule has 0 aromatic carbocycles. The summed E-state index contributed by atoms with van der Waals surface area (Å²) in [6.07, 6.45) is 12.0. The predicted octanol–water partition coefficient (Wildman–Crippen LogP) is 4.44. The zero-order valence-corrected chi connectivity index (χ0v) is 13.7. The van der Waals surface area contributed by atoms with Gasteiger partial charge in [-0.2, -0.15) is 0 Å². The van der Waals surface area contributed by atoms with E-state index in [2.05, 4.69) is 13.8 Å². The predicted molar refractivity (Wildman–Crippen MR) is 87.9 cm³/mol. The van der Waals surface area contributed by atoms with Crippen molar-refractivity contribution in [1.82, 2.24) is 4.57 Å². The van der Waals surface area contributed by atoms with Crippen molar-refractivity contribution in [3.05, 3.63) is 34.2 Å². The molecule has 1 saturated carbocycles. The molecule has 0 atom stereocenters. The molecule has 1 heterocycles. The zero-order chi connectivity index (χ0) is 15.7. The first-order chi connectivity index (χ1) is 10.1. The molecule has 1 aromatic heterocycles. The fourth-order valence-electron chi connectivity index (χ4n) is 3.05. The highest BCUT2D eigenvalue weighted by atomic mass is 16.1. The van der Waals surface area contributed by atoms with E-state index in [1.165, 1.54) is 44.6 Å². The van der Waals surface area contributed by atoms with Gasteiger partial charge >= 0.3 is 0 Å². The van der Waals surface area contributed by atoms with Crippen molar-refractivity contribution in [3.8, 4) is 0 Å². The van der Waals surface area contributed by atoms with Crippen molar-refractivity contribution in [2.75, 3.05) is 0 Å². The molecule has 3 nitrogen and oxygen atoms in total. The summed E-state index contributed by atoms with van der Waals surface area (Å²) >= 11 is 0. The van der Waals surface area contributed by atoms with Gasteiger partial charge in [-0.1, -0.05) is 40.0 Å². The summed E-state index contributed by atoms with van der Waals surface area (Å²) in [7, 11) is 0. The number of nitrogens with zero attached hydrogens (tertiary/aromatic N) is 1. The maximum absolute atomic E-state index is 11.3. The SMILES string of the molecule is CCCC1(CC)CCC1.CCCn1cccc(C=O)c1=O. The summed E-state index contributed by atoms with van der Waals surface area (Å²) in [5.74, 6) is 0. The van der Waals surface area contributed by atoms with E-state index in [-0.39, 0.29) is 11.1 Å². The first-order valence-electron chi connectivity index (χ1n) is 8.27. The highest BCUT2D eigenvalue weighted by molar-refractivity contribution is 5.73. The summed E-state index contributed by atoms with van der Waals surface area (Å²) in [4.78, 5) is 21.7. The number of aromatic nitrogens is 1. The van der Waals surface area contributed by atoms with Gasteiger partial charge in [-0.15, -0.1) is 0 Å². The van der Waals surface area contributed by atoms with Gasteiger partial charge in [0, 0.05) is 12.7 Å². The maximum atomic E-state index is 11.3. The van der Waals surface area contributed by atoms with Crippen LogP contribution in [0.3, 0.4) is 0 Å². The van der Waals surface area contributed by atoms with E-state index in [1.807, 2.05) is 6.92 Å². The molecule has 1 fully saturated rings. The summed E-state index contributed by atoms with van der Waals surface area (Å²) in [6.45, 7) is 7.30. The monoisotopic (exact) mass is 291 g/mol. The molecule has 0 N–H and O–H groups in total. The molecular formula is C18H29NO2. The molecule has 0 unspecified atom stereocenters. The Kier molecular flexibility index (Phi) is 7.41. The molecule has 0 amide bonds. The van der Waals surface area contributed by atoms with Crippen molar-refractivity contribution in [2.45, 2.75) is 72.3 Å². The van der Waals surface area contributed by atoms with Crippen LogP contribution in [0, 0.1) is 5.41 Å². The highest BCUT2D eigenvalue weighted by Crippen LogP contribution is 2.47. The van der Waals surface area contributed by atoms with Crippen LogP contribution in [0.2, 0.25) is 0 Å². The summed E-state index contributed by atoms with van der Waals surface area (Å²) < 4.78 is 1.55. The largest absolute Gasteiger partial charge is 0.315 e. The second kappa shape index (κ2) is 8.81. The number of pyridine rings is 1. The first kappa shape index (κ1) is 17.7. The van der Waals surface area contributed by atoms with Gasteiger partial charge in [0.15, 0.2) is 6.29 Å². The number of carbonyl (C=O) groups excluding carboxylic acids is 1. The van der Waals surface area contributed by atoms with Crippen LogP contribution in [0.25, 0.3) is 0 Å². The van der Waals surface area contributed by atoms with Crippen molar-refractivity contribution < 1.29 is 4.79 Å². The van der Waals surface area contributed by atoms with E-state index in [0.29, 0.717) is 12.8 Å². The Hall–Kier alpha value is -1.38. The fraction of sp³-hybridized carbons (Fsp3) is 0.667. The van der Waals surface area contributed by atoms with E-state index in [0.717, 1.165) is 11.8 Å². The molecule has 2 rings (SSSR count). The second-order valence-electron chi connectivity index (χ2n) is 6.04. The van der Waals surface area contributed by atoms with Crippen LogP contribution in [-0.4, -0.2) is 10.9 Å². The third kappa shape index (κ3) is 4.83. The minimum atomic E-state index is -0.200. The lowest BCUT2D eigenvalue weighted by molar-refractivity contribution is 0.112. The standard InChI is InChI=1S/C9H11NO2.C9H18/c1-2-5-10-6-3-4-8(7-11)9(10)12;1-3-6-9(4-2)7-5-8-9/h3-4,6-7H,2,5H2,1H3;3-8H2,1-2H3. The number of hydrogen-bond acceptors (Lipinski definition) is 2. The summed E-state index contributed by atoms with van der Waals surface area (Å²) in [5.41, 5.74) is 0.842. The van der Waals surface area contributed by atoms with E-state index in [9.17, 15) is 9.59 Å². The van der Waals surface area contributed by atoms with Gasteiger partial charge in [0.25, 0.3) is 5.56 Å². The van der Waals surface area contributed by atoms with Crippen molar-refractivity contribution in [1.29, 1.82) is 0 Å². The van der Waals surface area contributed by atoms with E-state index >= 15 is 0 Å². The van der Waals surface area contributed by atoms with E-state index in [4.69, 9.17) is 0 Å². The molecular weight excluding hydrogens is 262 g/mol. The van der Waals surface area contributed by atoms with Crippen LogP contribution in [0.4, 0.5) is 0 Å². The van der Waals surface area contributed by atoms with Gasteiger partial charge in [0.1, 0.15) is 0 Å². The summed E-state index contributed by atoms with van der Waals surface area (Å²) in [6, 6.07) is 3.24. The number of aryl methyl sites for hydroxylation is 1. The molecule has 0 radical (unpaired) electrons. The number of aldehydes is 1. The molecule has 1 aromatic rings. The van der Waals surface area contributed by atoms with E-state index in [1.54, 1.807) is 16.8 Å². The molecule has 0 spiro atoms. The molecule has 1 aliphatic carbocycles. The Labute approximate surface area is 128 Å². The molecule has 0 aliphatic heterocycles. The summed E-state index contributed by atoms with van der Waals surface area (Å²) in [5, 5.41) is 0. The van der Waals surface area contributed by atoms with Gasteiger partial charge < -0.3 is 4.57 Å². The smallest absolute Gasteiger partial charge is 0.261 e. The molecule has 21 heavy (non-hydrogen) atoms. The zero-order valence-electron chi connectivity index (χ0n) is 13.7. The second-order valence-corrected chi connectivity index (χ2v) is 6.04. The van der Waals surface area contributed by atoms with Gasteiger partial charge in [-0.05, 0) is 43.2 Å². The lowest BCUT2D eigenvalue weighted by Crippen LogP contribution is -2.27. The van der Waals surface area contributed by atoms with Crippen LogP contribution >= 0.6 is 0 Å². The average molecular weight is 291 g/mol. The third-order valence-corrected chi connectivity index (χ3v) is 4.59. The lowest BCUT2D eigenvalue weighted by atomic mass is 9.65. The Balaban J connectivity index is 0.000000219. The van der Waals surface area contributed by atoms with Crippen LogP contribution in [-0.2, 0) is 6.54 Å². The Morgan fingerprint density at radius 3 is 2.33 bits per heavy atom. The van der Waals surface area contributed by atoms with Gasteiger partial charge in [0.05, 0.1) is 5.56 Å². The van der Waals surface area contributed by atoms with Gasteiger partial charge in [-0.25, -0.2) is 0 Å². The minimum Gasteiger partial charge on any atom is -0.315 e. The third-order valence-electron chi connectivity index (χ3n) is 4.59. The number of rotatable bonds is 6. The Bertz CT molecular complexity index is 481. The normalized spacial score (nSPS) is 15.6. The molecule has 0 saturated heterocycles. The first-order valence-corrected chi connectivity index (χ1v) is 8.27. The Morgan fingerprint density at radius 1 is 1.24 bits per heavy atom. The fourth-order valence-corrected chi connectivity index (χ4v) is 3.05. The average Bonchev–Trinajstić information content (AvgIpc) is 2.46. The van der Waals surface area contributed by atoms with E-state index < -0.39 is 0 Å². The molecule has 1 aliphatic rings. The molecule has 118 valence electrons. The van der Waals surface area contributed by atoms with Gasteiger partial charge in [0.2, 0.25) is 0 Å². The topological polar surface area (TPSA) is 39.1 Å². The quantitative estimate of drug-likeness (QED) is 0.727. The Morgan fingerprint density at radius 2 is 1.95 bits per heavy atom. The lowest BCUT2D eigenvalue weighted by Gasteiger charge is -2.41. The van der Waals surface area contributed by atoms with Crippen molar-refractivity contribution in [3.63, 3.8) is 0 Å². The highest BCUT2D eigenvalue weighted by Gasteiger charge is 2.33. The molecule has 3 heteroatoms. The van der Waals surface area contributed by atoms with Crippen LogP contribution in [0.5, 0.6) is 0 Å². The van der Waals surface area contributed by atoms with Crippen LogP contribution < -0.4 is 5.56 Å². The van der Waals surface area contributed by atoms with Gasteiger partial charge in [-0.3, -0.25) is 9.59 Å². The van der Waals surface area contributed by atoms with Crippen LogP contribution in [0.1, 0.15) is 76.1 Å². The maximum Gasteiger partial charge on any atom is 0.261 e. The van der Waals surface area contributed by atoms with Crippen molar-refractivity contribution >= 4 is 6.29 Å². The molecule has 0 bridgehead atoms. The number of hydrogen-bond donors (Lipinski definition) is 0. The minimum absolute atomic E-state index is 0.200. The van der Waals surface area contributed by atoms with Crippen LogP contribution in [0.15, 0.2) is 23.1 Å².